The van der Waals surface area contributed by atoms with Crippen LogP contribution in [-0.4, -0.2) is 0 Å². The van der Waals surface area contributed by atoms with Gasteiger partial charge in [-0.1, -0.05) is 88.7 Å². The molecule has 0 bridgehead atoms. The molecule has 0 spiro atoms. The second kappa shape index (κ2) is 8.17. The molecule has 0 aliphatic carbocycles. The van der Waals surface area contributed by atoms with Crippen LogP contribution in [0.1, 0.15) is 0 Å². The van der Waals surface area contributed by atoms with Gasteiger partial charge >= 0.3 is 0 Å². The largest absolute Gasteiger partial charge is 0.310 e. The van der Waals surface area contributed by atoms with Gasteiger partial charge in [-0.05, 0) is 70.4 Å². The van der Waals surface area contributed by atoms with Crippen LogP contribution in [0.4, 0.5) is 17.1 Å². The molecule has 5 aromatic carbocycles. The molecule has 2 heteroatoms. The molecule has 1 nitrogen and oxygen atoms in total. The number of hydrogen-bond donors (Lipinski definition) is 0. The minimum Gasteiger partial charge on any atom is -0.310 e. The smallest absolute Gasteiger partial charge is 0.0468 e. The van der Waals surface area contributed by atoms with E-state index in [1.807, 2.05) is 0 Å². The predicted molar refractivity (Wildman–Crippen MR) is 132 cm³/mol. The molecule has 0 aromatic heterocycles. The van der Waals surface area contributed by atoms with Crippen molar-refractivity contribution in [2.24, 2.45) is 0 Å². The molecule has 0 N–H and O–H groups in total. The van der Waals surface area contributed by atoms with Crippen molar-refractivity contribution in [1.82, 2.24) is 0 Å². The number of anilines is 3. The second-order valence-electron chi connectivity index (χ2n) is 7.26. The average molecular weight is 450 g/mol. The zero-order valence-corrected chi connectivity index (χ0v) is 18.0. The molecule has 0 radical (unpaired) electrons. The van der Waals surface area contributed by atoms with Crippen LogP contribution < -0.4 is 4.90 Å². The van der Waals surface area contributed by atoms with Crippen molar-refractivity contribution in [3.63, 3.8) is 0 Å². The maximum Gasteiger partial charge on any atom is 0.0468 e. The van der Waals surface area contributed by atoms with Crippen molar-refractivity contribution in [2.45, 2.75) is 0 Å². The first-order valence-electron chi connectivity index (χ1n) is 9.98. The first-order valence-corrected chi connectivity index (χ1v) is 10.8. The summed E-state index contributed by atoms with van der Waals surface area (Å²) in [6.07, 6.45) is 0. The standard InChI is InChI=1S/C28H20BrN/c29-25-15-10-22(11-16-25)23-12-17-27(18-13-23)30(26-8-2-1-3-9-26)28-19-14-21-6-4-5-7-24(21)20-28/h1-20H. The summed E-state index contributed by atoms with van der Waals surface area (Å²) < 4.78 is 1.09. The molecule has 0 aliphatic heterocycles. The summed E-state index contributed by atoms with van der Waals surface area (Å²) in [5, 5.41) is 2.49. The van der Waals surface area contributed by atoms with Crippen molar-refractivity contribution in [2.75, 3.05) is 4.90 Å². The van der Waals surface area contributed by atoms with Gasteiger partial charge in [-0.3, -0.25) is 0 Å². The van der Waals surface area contributed by atoms with Gasteiger partial charge in [-0.15, -0.1) is 0 Å². The van der Waals surface area contributed by atoms with E-state index in [0.717, 1.165) is 21.5 Å². The highest BCUT2D eigenvalue weighted by Gasteiger charge is 2.13. The second-order valence-corrected chi connectivity index (χ2v) is 8.17. The van der Waals surface area contributed by atoms with Gasteiger partial charge in [-0.25, -0.2) is 0 Å². The van der Waals surface area contributed by atoms with E-state index >= 15 is 0 Å². The summed E-state index contributed by atoms with van der Waals surface area (Å²) >= 11 is 3.51. The zero-order valence-electron chi connectivity index (χ0n) is 16.4. The van der Waals surface area contributed by atoms with Crippen LogP contribution in [0, 0.1) is 0 Å². The van der Waals surface area contributed by atoms with Crippen LogP contribution in [0.25, 0.3) is 21.9 Å². The quantitative estimate of drug-likeness (QED) is 0.265. The Hall–Kier alpha value is -3.36. The summed E-state index contributed by atoms with van der Waals surface area (Å²) in [4.78, 5) is 2.30. The van der Waals surface area contributed by atoms with Crippen LogP contribution in [0.5, 0.6) is 0 Å². The molecule has 5 aromatic rings. The highest BCUT2D eigenvalue weighted by Crippen LogP contribution is 2.36. The fraction of sp³-hybridized carbons (Fsp3) is 0. The van der Waals surface area contributed by atoms with E-state index in [2.05, 4.69) is 142 Å². The van der Waals surface area contributed by atoms with Crippen LogP contribution in [0.3, 0.4) is 0 Å². The zero-order chi connectivity index (χ0) is 20.3. The van der Waals surface area contributed by atoms with Crippen molar-refractivity contribution >= 4 is 43.8 Å². The van der Waals surface area contributed by atoms with E-state index in [0.29, 0.717) is 0 Å². The lowest BCUT2D eigenvalue weighted by molar-refractivity contribution is 1.29. The van der Waals surface area contributed by atoms with Crippen molar-refractivity contribution < 1.29 is 0 Å². The van der Waals surface area contributed by atoms with E-state index in [4.69, 9.17) is 0 Å². The molecule has 5 rings (SSSR count). The van der Waals surface area contributed by atoms with E-state index in [1.54, 1.807) is 0 Å². The minimum absolute atomic E-state index is 1.09. The van der Waals surface area contributed by atoms with Crippen molar-refractivity contribution in [3.8, 4) is 11.1 Å². The highest BCUT2D eigenvalue weighted by atomic mass is 79.9. The van der Waals surface area contributed by atoms with Crippen LogP contribution in [0.15, 0.2) is 126 Å². The normalized spacial score (nSPS) is 10.8. The molecular weight excluding hydrogens is 430 g/mol. The van der Waals surface area contributed by atoms with Gasteiger partial charge in [0.25, 0.3) is 0 Å². The number of benzene rings is 5. The lowest BCUT2D eigenvalue weighted by Gasteiger charge is -2.26. The topological polar surface area (TPSA) is 3.24 Å². The summed E-state index contributed by atoms with van der Waals surface area (Å²) in [6.45, 7) is 0. The van der Waals surface area contributed by atoms with E-state index in [1.165, 1.54) is 21.9 Å². The number of fused-ring (bicyclic) bond motifs is 1. The number of nitrogens with zero attached hydrogens (tertiary/aromatic N) is 1. The third kappa shape index (κ3) is 3.74. The van der Waals surface area contributed by atoms with E-state index in [-0.39, 0.29) is 0 Å². The van der Waals surface area contributed by atoms with Crippen LogP contribution in [0.2, 0.25) is 0 Å². The summed E-state index contributed by atoms with van der Waals surface area (Å²) in [6, 6.07) is 42.8. The lowest BCUT2D eigenvalue weighted by Crippen LogP contribution is -2.09. The summed E-state index contributed by atoms with van der Waals surface area (Å²) in [5.41, 5.74) is 5.84. The SMILES string of the molecule is Brc1ccc(-c2ccc(N(c3ccccc3)c3ccc4ccccc4c3)cc2)cc1. The molecule has 0 amide bonds. The molecule has 0 fully saturated rings. The summed E-state index contributed by atoms with van der Waals surface area (Å²) in [7, 11) is 0. The fourth-order valence-corrected chi connectivity index (χ4v) is 4.05. The summed E-state index contributed by atoms with van der Waals surface area (Å²) in [5.74, 6) is 0. The van der Waals surface area contributed by atoms with Gasteiger partial charge in [0.2, 0.25) is 0 Å². The molecular formula is C28H20BrN. The van der Waals surface area contributed by atoms with E-state index in [9.17, 15) is 0 Å². The first kappa shape index (κ1) is 18.7. The maximum absolute atomic E-state index is 3.51. The number of para-hydroxylation sites is 1. The predicted octanol–water partition coefficient (Wildman–Crippen LogP) is 8.74. The molecule has 0 aliphatic rings. The third-order valence-corrected chi connectivity index (χ3v) is 5.84. The Morgan fingerprint density at radius 1 is 0.433 bits per heavy atom. The van der Waals surface area contributed by atoms with Gasteiger partial charge < -0.3 is 4.90 Å². The molecule has 0 unspecified atom stereocenters. The van der Waals surface area contributed by atoms with Gasteiger partial charge in [0.15, 0.2) is 0 Å². The number of rotatable bonds is 4. The maximum atomic E-state index is 3.51. The van der Waals surface area contributed by atoms with Crippen LogP contribution >= 0.6 is 15.9 Å². The van der Waals surface area contributed by atoms with Gasteiger partial charge in [-0.2, -0.15) is 0 Å². The Morgan fingerprint density at radius 2 is 0.967 bits per heavy atom. The average Bonchev–Trinajstić information content (AvgIpc) is 2.81. The minimum atomic E-state index is 1.09. The Bertz CT molecular complexity index is 1280. The third-order valence-electron chi connectivity index (χ3n) is 5.31. The molecule has 0 heterocycles. The number of hydrogen-bond acceptors (Lipinski definition) is 1. The fourth-order valence-electron chi connectivity index (χ4n) is 3.79. The highest BCUT2D eigenvalue weighted by molar-refractivity contribution is 9.10. The van der Waals surface area contributed by atoms with E-state index < -0.39 is 0 Å². The number of halogens is 1. The van der Waals surface area contributed by atoms with Crippen molar-refractivity contribution in [1.29, 1.82) is 0 Å². The molecule has 0 atom stereocenters. The van der Waals surface area contributed by atoms with Crippen LogP contribution in [-0.2, 0) is 0 Å². The molecule has 0 saturated carbocycles. The van der Waals surface area contributed by atoms with Gasteiger partial charge in [0.1, 0.15) is 0 Å². The monoisotopic (exact) mass is 449 g/mol. The Morgan fingerprint density at radius 3 is 1.67 bits per heavy atom. The molecule has 0 saturated heterocycles. The lowest BCUT2D eigenvalue weighted by atomic mass is 10.0. The first-order chi connectivity index (χ1) is 14.8. The van der Waals surface area contributed by atoms with Gasteiger partial charge in [0.05, 0.1) is 0 Å². The Kier molecular flexibility index (Phi) is 5.08. The Balaban J connectivity index is 1.59. The Labute approximate surface area is 185 Å². The molecule has 144 valence electrons. The van der Waals surface area contributed by atoms with Crippen molar-refractivity contribution in [3.05, 3.63) is 126 Å². The molecule has 30 heavy (non-hydrogen) atoms. The van der Waals surface area contributed by atoms with Gasteiger partial charge in [0, 0.05) is 21.5 Å².